The van der Waals surface area contributed by atoms with Gasteiger partial charge in [0, 0.05) is 8.96 Å². The summed E-state index contributed by atoms with van der Waals surface area (Å²) in [6.07, 6.45) is 0. The maximum Gasteiger partial charge on any atom is 0.101 e. The van der Waals surface area contributed by atoms with Crippen LogP contribution in [0, 0.1) is 3.57 Å². The normalized spacial score (nSPS) is 11.8. The van der Waals surface area contributed by atoms with Crippen LogP contribution in [0.4, 0.5) is 0 Å². The van der Waals surface area contributed by atoms with Crippen molar-refractivity contribution in [3.8, 4) is 0 Å². The summed E-state index contributed by atoms with van der Waals surface area (Å²) in [5, 5.41) is 1.32. The third-order valence-corrected chi connectivity index (χ3v) is 4.80. The van der Waals surface area contributed by atoms with Gasteiger partial charge in [0.15, 0.2) is 0 Å². The first kappa shape index (κ1) is 9.91. The van der Waals surface area contributed by atoms with Gasteiger partial charge in [0.05, 0.1) is 15.7 Å². The molecule has 2 heterocycles. The van der Waals surface area contributed by atoms with Crippen LogP contribution in [0.3, 0.4) is 0 Å². The van der Waals surface area contributed by atoms with Crippen molar-refractivity contribution in [3.63, 3.8) is 0 Å². The molecule has 0 radical (unpaired) electrons. The quantitative estimate of drug-likeness (QED) is 0.397. The van der Waals surface area contributed by atoms with Crippen molar-refractivity contribution in [2.75, 3.05) is 0 Å². The van der Waals surface area contributed by atoms with E-state index in [4.69, 9.17) is 0 Å². The van der Waals surface area contributed by atoms with Crippen LogP contribution in [0.1, 0.15) is 0 Å². The summed E-state index contributed by atoms with van der Waals surface area (Å²) in [4.78, 5) is 1.32. The standard InChI is InChI=1S/C14H8INS/c15-10-6-5-9-7-14-16(12(9)8-10)11-3-1-2-4-13(11)17-14/h1-8H. The van der Waals surface area contributed by atoms with Crippen LogP contribution in [0.15, 0.2) is 48.5 Å². The van der Waals surface area contributed by atoms with E-state index in [0.717, 1.165) is 0 Å². The van der Waals surface area contributed by atoms with E-state index in [9.17, 15) is 0 Å². The summed E-state index contributed by atoms with van der Waals surface area (Å²) >= 11 is 4.22. The van der Waals surface area contributed by atoms with Crippen molar-refractivity contribution in [2.24, 2.45) is 0 Å². The van der Waals surface area contributed by atoms with Crippen LogP contribution in [0.2, 0.25) is 0 Å². The predicted molar refractivity (Wildman–Crippen MR) is 83.0 cm³/mol. The Balaban J connectivity index is 2.33. The Morgan fingerprint density at radius 1 is 0.941 bits per heavy atom. The molecule has 0 aliphatic heterocycles. The van der Waals surface area contributed by atoms with Crippen molar-refractivity contribution in [3.05, 3.63) is 52.1 Å². The maximum absolute atomic E-state index is 2.37. The SMILES string of the molecule is Ic1ccc2cc3sc4ccccc4n3c2c1. The van der Waals surface area contributed by atoms with Crippen LogP contribution in [-0.4, -0.2) is 4.40 Å². The van der Waals surface area contributed by atoms with Gasteiger partial charge in [-0.3, -0.25) is 4.40 Å². The van der Waals surface area contributed by atoms with E-state index in [1.807, 2.05) is 11.3 Å². The predicted octanol–water partition coefficient (Wildman–Crippen LogP) is 4.91. The highest BCUT2D eigenvalue weighted by atomic mass is 127. The van der Waals surface area contributed by atoms with Gasteiger partial charge in [0.25, 0.3) is 0 Å². The molecule has 0 bridgehead atoms. The average Bonchev–Trinajstić information content (AvgIpc) is 2.84. The lowest BCUT2D eigenvalue weighted by Crippen LogP contribution is -1.80. The van der Waals surface area contributed by atoms with E-state index in [1.54, 1.807) is 0 Å². The minimum absolute atomic E-state index is 1.28. The van der Waals surface area contributed by atoms with E-state index >= 15 is 0 Å². The molecule has 17 heavy (non-hydrogen) atoms. The lowest BCUT2D eigenvalue weighted by molar-refractivity contribution is 1.37. The van der Waals surface area contributed by atoms with Gasteiger partial charge in [-0.15, -0.1) is 11.3 Å². The fourth-order valence-electron chi connectivity index (χ4n) is 2.31. The molecule has 0 aliphatic rings. The summed E-state index contributed by atoms with van der Waals surface area (Å²) < 4.78 is 4.99. The fraction of sp³-hybridized carbons (Fsp3) is 0. The van der Waals surface area contributed by atoms with Gasteiger partial charge in [0.1, 0.15) is 4.83 Å². The van der Waals surface area contributed by atoms with E-state index in [1.165, 1.54) is 29.5 Å². The minimum atomic E-state index is 1.28. The zero-order valence-corrected chi connectivity index (χ0v) is 11.8. The number of para-hydroxylation sites is 1. The molecule has 0 fully saturated rings. The third kappa shape index (κ3) is 1.35. The fourth-order valence-corrected chi connectivity index (χ4v) is 3.90. The molecular weight excluding hydrogens is 341 g/mol. The largest absolute Gasteiger partial charge is 0.300 e. The Labute approximate surface area is 116 Å². The third-order valence-electron chi connectivity index (χ3n) is 3.05. The lowest BCUT2D eigenvalue weighted by Gasteiger charge is -1.96. The van der Waals surface area contributed by atoms with Crippen molar-refractivity contribution >= 4 is 59.9 Å². The van der Waals surface area contributed by atoms with Gasteiger partial charge in [-0.05, 0) is 52.9 Å². The lowest BCUT2D eigenvalue weighted by atomic mass is 10.2. The van der Waals surface area contributed by atoms with Crippen molar-refractivity contribution in [2.45, 2.75) is 0 Å². The van der Waals surface area contributed by atoms with E-state index in [0.29, 0.717) is 0 Å². The molecule has 0 atom stereocenters. The molecule has 82 valence electrons. The second kappa shape index (κ2) is 3.46. The van der Waals surface area contributed by atoms with Gasteiger partial charge in [-0.1, -0.05) is 18.2 Å². The summed E-state index contributed by atoms with van der Waals surface area (Å²) in [7, 11) is 0. The van der Waals surface area contributed by atoms with Crippen LogP contribution in [0.25, 0.3) is 25.9 Å². The average molecular weight is 349 g/mol. The second-order valence-corrected chi connectivity index (χ2v) is 6.40. The van der Waals surface area contributed by atoms with Gasteiger partial charge >= 0.3 is 0 Å². The summed E-state index contributed by atoms with van der Waals surface area (Å²) in [6, 6.07) is 17.5. The molecule has 0 saturated carbocycles. The number of hydrogen-bond donors (Lipinski definition) is 0. The Morgan fingerprint density at radius 2 is 1.82 bits per heavy atom. The van der Waals surface area contributed by atoms with Gasteiger partial charge in [-0.25, -0.2) is 0 Å². The molecular formula is C14H8INS. The summed E-state index contributed by atoms with van der Waals surface area (Å²) in [5.74, 6) is 0. The van der Waals surface area contributed by atoms with Crippen molar-refractivity contribution < 1.29 is 0 Å². The Morgan fingerprint density at radius 3 is 2.76 bits per heavy atom. The minimum Gasteiger partial charge on any atom is -0.300 e. The van der Waals surface area contributed by atoms with Crippen LogP contribution >= 0.6 is 33.9 Å². The number of halogens is 1. The molecule has 0 N–H and O–H groups in total. The molecule has 0 spiro atoms. The molecule has 3 heteroatoms. The second-order valence-electron chi connectivity index (χ2n) is 4.09. The molecule has 0 unspecified atom stereocenters. The highest BCUT2D eigenvalue weighted by Crippen LogP contribution is 2.32. The number of benzene rings is 2. The van der Waals surface area contributed by atoms with Gasteiger partial charge in [0.2, 0.25) is 0 Å². The number of thiazole rings is 1. The smallest absolute Gasteiger partial charge is 0.101 e. The van der Waals surface area contributed by atoms with Crippen LogP contribution in [0.5, 0.6) is 0 Å². The highest BCUT2D eigenvalue weighted by molar-refractivity contribution is 14.1. The zero-order chi connectivity index (χ0) is 11.4. The monoisotopic (exact) mass is 349 g/mol. The molecule has 4 rings (SSSR count). The number of rotatable bonds is 0. The molecule has 2 aromatic heterocycles. The van der Waals surface area contributed by atoms with Gasteiger partial charge in [-0.2, -0.15) is 0 Å². The number of hydrogen-bond acceptors (Lipinski definition) is 1. The number of aromatic nitrogens is 1. The molecule has 2 aromatic carbocycles. The molecule has 0 amide bonds. The Bertz CT molecular complexity index is 856. The Kier molecular flexibility index (Phi) is 2.02. The molecule has 1 nitrogen and oxygen atoms in total. The first-order chi connectivity index (χ1) is 8.33. The summed E-state index contributed by atoms with van der Waals surface area (Å²) in [5.41, 5.74) is 2.62. The molecule has 4 aromatic rings. The van der Waals surface area contributed by atoms with E-state index in [-0.39, 0.29) is 0 Å². The molecule has 0 saturated heterocycles. The maximum atomic E-state index is 2.37. The first-order valence-corrected chi connectivity index (χ1v) is 7.31. The van der Waals surface area contributed by atoms with E-state index < -0.39 is 0 Å². The first-order valence-electron chi connectivity index (χ1n) is 5.41. The van der Waals surface area contributed by atoms with Crippen molar-refractivity contribution in [1.29, 1.82) is 0 Å². The zero-order valence-electron chi connectivity index (χ0n) is 8.85. The van der Waals surface area contributed by atoms with Crippen LogP contribution in [-0.2, 0) is 0 Å². The van der Waals surface area contributed by atoms with E-state index in [2.05, 4.69) is 75.5 Å². The number of nitrogens with zero attached hydrogens (tertiary/aromatic N) is 1. The van der Waals surface area contributed by atoms with Crippen LogP contribution < -0.4 is 0 Å². The van der Waals surface area contributed by atoms with Crippen molar-refractivity contribution in [1.82, 2.24) is 4.40 Å². The highest BCUT2D eigenvalue weighted by Gasteiger charge is 2.08. The molecule has 0 aliphatic carbocycles. The Hall–Kier alpha value is -1.07. The topological polar surface area (TPSA) is 4.41 Å². The number of fused-ring (bicyclic) bond motifs is 5. The van der Waals surface area contributed by atoms with Gasteiger partial charge < -0.3 is 0 Å². The summed E-state index contributed by atoms with van der Waals surface area (Å²) in [6.45, 7) is 0.